The fourth-order valence-corrected chi connectivity index (χ4v) is 2.74. The number of carbonyl (C=O) groups excluding carboxylic acids is 1. The molecule has 0 heterocycles. The summed E-state index contributed by atoms with van der Waals surface area (Å²) in [5.74, 6) is 1.82. The SMILES string of the molecule is CC1CCCC(CNC(C)C(=O)NC2CC2)C1. The Hall–Kier alpha value is -0.570. The fourth-order valence-electron chi connectivity index (χ4n) is 2.74. The number of carbonyl (C=O) groups is 1. The maximum atomic E-state index is 11.8. The molecule has 0 aromatic rings. The summed E-state index contributed by atoms with van der Waals surface area (Å²) in [5, 5.41) is 6.44. The van der Waals surface area contributed by atoms with Crippen molar-refractivity contribution in [3.8, 4) is 0 Å². The van der Waals surface area contributed by atoms with Crippen LogP contribution in [0.5, 0.6) is 0 Å². The molecule has 0 saturated heterocycles. The molecule has 1 amide bonds. The minimum atomic E-state index is -0.0344. The molecule has 2 N–H and O–H groups in total. The van der Waals surface area contributed by atoms with Crippen molar-refractivity contribution in [3.63, 3.8) is 0 Å². The van der Waals surface area contributed by atoms with E-state index in [1.165, 1.54) is 38.5 Å². The second-order valence-electron chi connectivity index (χ2n) is 6.05. The molecule has 2 rings (SSSR count). The summed E-state index contributed by atoms with van der Waals surface area (Å²) in [6.07, 6.45) is 7.72. The topological polar surface area (TPSA) is 41.1 Å². The third-order valence-corrected chi connectivity index (χ3v) is 4.07. The van der Waals surface area contributed by atoms with Gasteiger partial charge in [0.05, 0.1) is 6.04 Å². The summed E-state index contributed by atoms with van der Waals surface area (Å²) in [5.41, 5.74) is 0. The van der Waals surface area contributed by atoms with Gasteiger partial charge in [0.1, 0.15) is 0 Å². The summed E-state index contributed by atoms with van der Waals surface area (Å²) in [6, 6.07) is 0.439. The van der Waals surface area contributed by atoms with Crippen LogP contribution in [0.25, 0.3) is 0 Å². The van der Waals surface area contributed by atoms with Gasteiger partial charge in [-0.2, -0.15) is 0 Å². The first-order valence-electron chi connectivity index (χ1n) is 7.19. The van der Waals surface area contributed by atoms with Crippen molar-refractivity contribution in [1.29, 1.82) is 0 Å². The molecule has 98 valence electrons. The highest BCUT2D eigenvalue weighted by molar-refractivity contribution is 5.81. The van der Waals surface area contributed by atoms with E-state index in [1.807, 2.05) is 6.92 Å². The minimum Gasteiger partial charge on any atom is -0.352 e. The molecule has 3 nitrogen and oxygen atoms in total. The van der Waals surface area contributed by atoms with E-state index in [4.69, 9.17) is 0 Å². The Bertz CT molecular complexity index is 263. The molecule has 0 aliphatic heterocycles. The molecule has 3 heteroatoms. The Morgan fingerprint density at radius 1 is 1.29 bits per heavy atom. The second kappa shape index (κ2) is 5.85. The van der Waals surface area contributed by atoms with Crippen LogP contribution in [-0.2, 0) is 4.79 Å². The van der Waals surface area contributed by atoms with Gasteiger partial charge in [0.15, 0.2) is 0 Å². The van der Waals surface area contributed by atoms with Gasteiger partial charge in [0.2, 0.25) is 5.91 Å². The van der Waals surface area contributed by atoms with E-state index in [2.05, 4.69) is 17.6 Å². The zero-order chi connectivity index (χ0) is 12.3. The number of nitrogens with one attached hydrogen (secondary N) is 2. The molecule has 2 fully saturated rings. The van der Waals surface area contributed by atoms with Gasteiger partial charge in [-0.1, -0.05) is 19.8 Å². The molecule has 0 bridgehead atoms. The van der Waals surface area contributed by atoms with Gasteiger partial charge in [-0.15, -0.1) is 0 Å². The van der Waals surface area contributed by atoms with Crippen LogP contribution >= 0.6 is 0 Å². The molecule has 3 atom stereocenters. The number of hydrogen-bond donors (Lipinski definition) is 2. The lowest BCUT2D eigenvalue weighted by Gasteiger charge is -2.27. The van der Waals surface area contributed by atoms with Crippen molar-refractivity contribution in [2.24, 2.45) is 11.8 Å². The van der Waals surface area contributed by atoms with E-state index in [0.717, 1.165) is 18.4 Å². The lowest BCUT2D eigenvalue weighted by atomic mass is 9.82. The van der Waals surface area contributed by atoms with Gasteiger partial charge >= 0.3 is 0 Å². The van der Waals surface area contributed by atoms with E-state index in [-0.39, 0.29) is 11.9 Å². The summed E-state index contributed by atoms with van der Waals surface area (Å²) >= 11 is 0. The normalized spacial score (nSPS) is 30.9. The van der Waals surface area contributed by atoms with Crippen LogP contribution in [0.3, 0.4) is 0 Å². The molecule has 0 radical (unpaired) electrons. The van der Waals surface area contributed by atoms with E-state index >= 15 is 0 Å². The van der Waals surface area contributed by atoms with Crippen LogP contribution in [-0.4, -0.2) is 24.5 Å². The van der Waals surface area contributed by atoms with Crippen LogP contribution < -0.4 is 10.6 Å². The molecule has 2 aliphatic rings. The average molecular weight is 238 g/mol. The van der Waals surface area contributed by atoms with E-state index in [0.29, 0.717) is 6.04 Å². The maximum Gasteiger partial charge on any atom is 0.237 e. The van der Waals surface area contributed by atoms with E-state index in [9.17, 15) is 4.79 Å². The Balaban J connectivity index is 1.64. The van der Waals surface area contributed by atoms with Crippen LogP contribution in [0, 0.1) is 11.8 Å². The predicted molar refractivity (Wildman–Crippen MR) is 69.8 cm³/mol. The molecule has 0 aromatic heterocycles. The highest BCUT2D eigenvalue weighted by Gasteiger charge is 2.26. The van der Waals surface area contributed by atoms with Crippen molar-refractivity contribution in [2.45, 2.75) is 64.5 Å². The van der Waals surface area contributed by atoms with Crippen LogP contribution in [0.4, 0.5) is 0 Å². The highest BCUT2D eigenvalue weighted by atomic mass is 16.2. The molecule has 0 spiro atoms. The standard InChI is InChI=1S/C14H26N2O/c1-10-4-3-5-12(8-10)9-15-11(2)14(17)16-13-6-7-13/h10-13,15H,3-9H2,1-2H3,(H,16,17). The summed E-state index contributed by atoms with van der Waals surface area (Å²) < 4.78 is 0. The number of hydrogen-bond acceptors (Lipinski definition) is 2. The number of amides is 1. The molecule has 17 heavy (non-hydrogen) atoms. The first kappa shape index (κ1) is 12.9. The fraction of sp³-hybridized carbons (Fsp3) is 0.929. The van der Waals surface area contributed by atoms with Gasteiger partial charge in [-0.25, -0.2) is 0 Å². The second-order valence-corrected chi connectivity index (χ2v) is 6.05. The quantitative estimate of drug-likeness (QED) is 0.770. The minimum absolute atomic E-state index is 0.0344. The molecular weight excluding hydrogens is 212 g/mol. The van der Waals surface area contributed by atoms with Crippen LogP contribution in [0.2, 0.25) is 0 Å². The third-order valence-electron chi connectivity index (χ3n) is 4.07. The summed E-state index contributed by atoms with van der Waals surface area (Å²) in [6.45, 7) is 5.32. The monoisotopic (exact) mass is 238 g/mol. The molecule has 3 unspecified atom stereocenters. The van der Waals surface area contributed by atoms with Crippen LogP contribution in [0.15, 0.2) is 0 Å². The summed E-state index contributed by atoms with van der Waals surface area (Å²) in [7, 11) is 0. The van der Waals surface area contributed by atoms with Gasteiger partial charge in [-0.05, 0) is 51.0 Å². The van der Waals surface area contributed by atoms with Gasteiger partial charge in [0, 0.05) is 6.04 Å². The Morgan fingerprint density at radius 2 is 2.06 bits per heavy atom. The van der Waals surface area contributed by atoms with Gasteiger partial charge in [-0.3, -0.25) is 4.79 Å². The zero-order valence-corrected chi connectivity index (χ0v) is 11.2. The first-order chi connectivity index (χ1) is 8.15. The molecule has 0 aromatic carbocycles. The van der Waals surface area contributed by atoms with E-state index in [1.54, 1.807) is 0 Å². The Kier molecular flexibility index (Phi) is 4.43. The van der Waals surface area contributed by atoms with Crippen molar-refractivity contribution >= 4 is 5.91 Å². The Morgan fingerprint density at radius 3 is 2.71 bits per heavy atom. The predicted octanol–water partition coefficient (Wildman–Crippen LogP) is 2.07. The van der Waals surface area contributed by atoms with Crippen molar-refractivity contribution in [3.05, 3.63) is 0 Å². The molecule has 2 saturated carbocycles. The highest BCUT2D eigenvalue weighted by Crippen LogP contribution is 2.28. The molecule has 2 aliphatic carbocycles. The van der Waals surface area contributed by atoms with Gasteiger partial charge in [0.25, 0.3) is 0 Å². The molecular formula is C14H26N2O. The van der Waals surface area contributed by atoms with E-state index < -0.39 is 0 Å². The van der Waals surface area contributed by atoms with Crippen molar-refractivity contribution in [2.75, 3.05) is 6.54 Å². The Labute approximate surface area is 105 Å². The smallest absolute Gasteiger partial charge is 0.237 e. The number of rotatable bonds is 5. The van der Waals surface area contributed by atoms with Crippen molar-refractivity contribution in [1.82, 2.24) is 10.6 Å². The average Bonchev–Trinajstić information content (AvgIpc) is 3.10. The van der Waals surface area contributed by atoms with Crippen molar-refractivity contribution < 1.29 is 4.79 Å². The maximum absolute atomic E-state index is 11.8. The lowest BCUT2D eigenvalue weighted by molar-refractivity contribution is -0.122. The first-order valence-corrected chi connectivity index (χ1v) is 7.19. The van der Waals surface area contributed by atoms with Gasteiger partial charge < -0.3 is 10.6 Å². The third kappa shape index (κ3) is 4.30. The van der Waals surface area contributed by atoms with Crippen LogP contribution in [0.1, 0.15) is 52.4 Å². The largest absolute Gasteiger partial charge is 0.352 e. The summed E-state index contributed by atoms with van der Waals surface area (Å²) in [4.78, 5) is 11.8. The zero-order valence-electron chi connectivity index (χ0n) is 11.2. The lowest BCUT2D eigenvalue weighted by Crippen LogP contribution is -2.44.